The summed E-state index contributed by atoms with van der Waals surface area (Å²) in [4.78, 5) is 19.6. The number of pyridine rings is 2. The van der Waals surface area contributed by atoms with Gasteiger partial charge in [0.15, 0.2) is 0 Å². The monoisotopic (exact) mass is 384 g/mol. The smallest absolute Gasteiger partial charge is 0.0996 e. The highest BCUT2D eigenvalue weighted by Crippen LogP contribution is 2.36. The van der Waals surface area contributed by atoms with Crippen LogP contribution in [0.25, 0.3) is 55.4 Å². The van der Waals surface area contributed by atoms with Crippen molar-refractivity contribution in [3.05, 3.63) is 97.3 Å². The number of hydrogen-bond donors (Lipinski definition) is 0. The molecule has 0 saturated heterocycles. The van der Waals surface area contributed by atoms with Gasteiger partial charge in [-0.05, 0) is 24.3 Å². The Morgan fingerprint density at radius 1 is 0.400 bits per heavy atom. The van der Waals surface area contributed by atoms with E-state index >= 15 is 0 Å². The van der Waals surface area contributed by atoms with Crippen LogP contribution in [0.4, 0.5) is 0 Å². The van der Waals surface area contributed by atoms with E-state index in [4.69, 9.17) is 9.97 Å². The predicted molar refractivity (Wildman–Crippen MR) is 121 cm³/mol. The van der Waals surface area contributed by atoms with E-state index in [1.807, 2.05) is 60.7 Å². The third kappa shape index (κ3) is 2.54. The molecule has 4 nitrogen and oxygen atoms in total. The van der Waals surface area contributed by atoms with Gasteiger partial charge in [0.2, 0.25) is 0 Å². The topological polar surface area (TPSA) is 51.6 Å². The molecule has 30 heavy (non-hydrogen) atoms. The normalized spacial score (nSPS) is 11.3. The van der Waals surface area contributed by atoms with Gasteiger partial charge in [-0.3, -0.25) is 9.97 Å². The summed E-state index contributed by atoms with van der Waals surface area (Å²) in [6.45, 7) is 0. The molecule has 3 heterocycles. The highest BCUT2D eigenvalue weighted by molar-refractivity contribution is 6.21. The summed E-state index contributed by atoms with van der Waals surface area (Å²) in [6.07, 6.45) is 3.60. The summed E-state index contributed by atoms with van der Waals surface area (Å²) in [6, 6.07) is 28.4. The maximum atomic E-state index is 5.17. The first-order valence-electron chi connectivity index (χ1n) is 9.84. The van der Waals surface area contributed by atoms with E-state index in [2.05, 4.69) is 34.2 Å². The summed E-state index contributed by atoms with van der Waals surface area (Å²) in [5, 5.41) is 1.92. The van der Waals surface area contributed by atoms with E-state index in [0.717, 1.165) is 55.4 Å². The van der Waals surface area contributed by atoms with Crippen LogP contribution in [0.15, 0.2) is 97.3 Å². The molecule has 0 atom stereocenters. The molecule has 0 bridgehead atoms. The predicted octanol–water partition coefficient (Wildman–Crippen LogP) is 6.06. The van der Waals surface area contributed by atoms with Crippen LogP contribution in [0.3, 0.4) is 0 Å². The molecule has 3 aromatic heterocycles. The number of rotatable bonds is 2. The molecule has 0 fully saturated rings. The highest BCUT2D eigenvalue weighted by Gasteiger charge is 2.18. The molecule has 0 aliphatic rings. The van der Waals surface area contributed by atoms with Crippen molar-refractivity contribution in [3.63, 3.8) is 0 Å². The molecule has 0 aliphatic carbocycles. The molecule has 0 unspecified atom stereocenters. The number of nitrogens with zero attached hydrogens (tertiary/aromatic N) is 4. The Morgan fingerprint density at radius 2 is 0.833 bits per heavy atom. The van der Waals surface area contributed by atoms with Gasteiger partial charge in [-0.2, -0.15) is 0 Å². The van der Waals surface area contributed by atoms with Crippen LogP contribution in [0.2, 0.25) is 0 Å². The Balaban J connectivity index is 1.83. The van der Waals surface area contributed by atoms with E-state index in [9.17, 15) is 0 Å². The number of aromatic nitrogens is 4. The molecule has 3 aromatic carbocycles. The molecule has 0 radical (unpaired) electrons. The third-order valence-corrected chi connectivity index (χ3v) is 5.34. The van der Waals surface area contributed by atoms with Crippen molar-refractivity contribution < 1.29 is 0 Å². The van der Waals surface area contributed by atoms with Crippen LogP contribution >= 0.6 is 0 Å². The molecule has 0 N–H and O–H groups in total. The standard InChI is InChI=1S/C26H16N4/c1-3-9-17(10-4-1)21-22(18-11-5-2-6-12-18)30-26-20-14-8-16-28-24(20)23-19(25(26)29-21)13-7-15-27-23/h1-16H. The summed E-state index contributed by atoms with van der Waals surface area (Å²) >= 11 is 0. The average molecular weight is 384 g/mol. The summed E-state index contributed by atoms with van der Waals surface area (Å²) in [5.41, 5.74) is 7.19. The Labute approximate surface area is 172 Å². The van der Waals surface area contributed by atoms with Crippen LogP contribution in [-0.2, 0) is 0 Å². The fourth-order valence-corrected chi connectivity index (χ4v) is 3.98. The van der Waals surface area contributed by atoms with Crippen LogP contribution in [0.1, 0.15) is 0 Å². The Kier molecular flexibility index (Phi) is 3.74. The maximum Gasteiger partial charge on any atom is 0.0996 e. The quantitative estimate of drug-likeness (QED) is 0.341. The second-order valence-electron chi connectivity index (χ2n) is 7.15. The first kappa shape index (κ1) is 16.7. The van der Waals surface area contributed by atoms with Gasteiger partial charge >= 0.3 is 0 Å². The Morgan fingerprint density at radius 3 is 1.27 bits per heavy atom. The average Bonchev–Trinajstić information content (AvgIpc) is 2.84. The van der Waals surface area contributed by atoms with Crippen molar-refractivity contribution >= 4 is 32.8 Å². The van der Waals surface area contributed by atoms with Gasteiger partial charge in [0, 0.05) is 34.3 Å². The molecule has 0 saturated carbocycles. The molecule has 0 amide bonds. The highest BCUT2D eigenvalue weighted by atomic mass is 14.9. The number of benzene rings is 3. The zero-order chi connectivity index (χ0) is 19.9. The van der Waals surface area contributed by atoms with E-state index in [-0.39, 0.29) is 0 Å². The van der Waals surface area contributed by atoms with Crippen molar-refractivity contribution in [3.8, 4) is 22.5 Å². The molecule has 0 spiro atoms. The second kappa shape index (κ2) is 6.71. The van der Waals surface area contributed by atoms with Gasteiger partial charge in [-0.25, -0.2) is 9.97 Å². The van der Waals surface area contributed by atoms with Crippen molar-refractivity contribution in [2.75, 3.05) is 0 Å². The number of fused-ring (bicyclic) bond motifs is 6. The van der Waals surface area contributed by atoms with Crippen LogP contribution in [0.5, 0.6) is 0 Å². The minimum absolute atomic E-state index is 0.845. The molecule has 140 valence electrons. The van der Waals surface area contributed by atoms with E-state index in [1.165, 1.54) is 0 Å². The molecule has 6 aromatic rings. The third-order valence-electron chi connectivity index (χ3n) is 5.34. The van der Waals surface area contributed by atoms with E-state index in [0.29, 0.717) is 0 Å². The number of hydrogen-bond acceptors (Lipinski definition) is 4. The van der Waals surface area contributed by atoms with Gasteiger partial charge in [0.25, 0.3) is 0 Å². The van der Waals surface area contributed by atoms with Crippen LogP contribution in [0, 0.1) is 0 Å². The van der Waals surface area contributed by atoms with Gasteiger partial charge < -0.3 is 0 Å². The van der Waals surface area contributed by atoms with Crippen LogP contribution in [-0.4, -0.2) is 19.9 Å². The second-order valence-corrected chi connectivity index (χ2v) is 7.15. The Bertz CT molecular complexity index is 1410. The van der Waals surface area contributed by atoms with Gasteiger partial charge in [0.1, 0.15) is 0 Å². The summed E-state index contributed by atoms with van der Waals surface area (Å²) in [5.74, 6) is 0. The minimum atomic E-state index is 0.845. The van der Waals surface area contributed by atoms with Crippen molar-refractivity contribution in [1.82, 2.24) is 19.9 Å². The SMILES string of the molecule is c1ccc(-c2nc3c4cccnc4c4ncccc4c3nc2-c2ccccc2)cc1. The van der Waals surface area contributed by atoms with Crippen molar-refractivity contribution in [2.24, 2.45) is 0 Å². The first-order chi connectivity index (χ1) is 14.9. The van der Waals surface area contributed by atoms with Crippen molar-refractivity contribution in [2.45, 2.75) is 0 Å². The summed E-state index contributed by atoms with van der Waals surface area (Å²) < 4.78 is 0. The lowest BCUT2D eigenvalue weighted by Crippen LogP contribution is -1.98. The molecule has 0 aliphatic heterocycles. The van der Waals surface area contributed by atoms with E-state index in [1.54, 1.807) is 12.4 Å². The fourth-order valence-electron chi connectivity index (χ4n) is 3.98. The lowest BCUT2D eigenvalue weighted by Gasteiger charge is -2.13. The fraction of sp³-hybridized carbons (Fsp3) is 0. The first-order valence-corrected chi connectivity index (χ1v) is 9.84. The molecule has 4 heteroatoms. The molecular formula is C26H16N4. The van der Waals surface area contributed by atoms with Gasteiger partial charge in [-0.1, -0.05) is 60.7 Å². The maximum absolute atomic E-state index is 5.17. The molecule has 6 rings (SSSR count). The lowest BCUT2D eigenvalue weighted by molar-refractivity contribution is 1.30. The summed E-state index contributed by atoms with van der Waals surface area (Å²) in [7, 11) is 0. The van der Waals surface area contributed by atoms with Gasteiger partial charge in [0.05, 0.1) is 33.5 Å². The van der Waals surface area contributed by atoms with Crippen molar-refractivity contribution in [1.29, 1.82) is 0 Å². The zero-order valence-electron chi connectivity index (χ0n) is 16.0. The lowest BCUT2D eigenvalue weighted by atomic mass is 10.0. The van der Waals surface area contributed by atoms with Crippen LogP contribution < -0.4 is 0 Å². The zero-order valence-corrected chi connectivity index (χ0v) is 16.0. The Hall–Kier alpha value is -4.18. The van der Waals surface area contributed by atoms with E-state index < -0.39 is 0 Å². The molecular weight excluding hydrogens is 368 g/mol. The van der Waals surface area contributed by atoms with Gasteiger partial charge in [-0.15, -0.1) is 0 Å². The largest absolute Gasteiger partial charge is 0.254 e. The minimum Gasteiger partial charge on any atom is -0.254 e.